The molecule has 0 aliphatic rings. The van der Waals surface area contributed by atoms with Gasteiger partial charge in [0.15, 0.2) is 11.5 Å². The van der Waals surface area contributed by atoms with Crippen LogP contribution < -0.4 is 14.8 Å². The van der Waals surface area contributed by atoms with E-state index < -0.39 is 0 Å². The largest absolute Gasteiger partial charge is 0.493 e. The van der Waals surface area contributed by atoms with Crippen LogP contribution in [-0.4, -0.2) is 26.9 Å². The van der Waals surface area contributed by atoms with Crippen LogP contribution in [0.3, 0.4) is 0 Å². The van der Waals surface area contributed by atoms with Crippen LogP contribution in [0, 0.1) is 0 Å². The first kappa shape index (κ1) is 19.6. The van der Waals surface area contributed by atoms with Gasteiger partial charge in [-0.15, -0.1) is 0 Å². The normalized spacial score (nSPS) is 10.7. The van der Waals surface area contributed by atoms with Crippen molar-refractivity contribution < 1.29 is 14.2 Å². The molecule has 0 spiro atoms. The summed E-state index contributed by atoms with van der Waals surface area (Å²) in [6.07, 6.45) is 1.01. The number of hydrogen-bond donors (Lipinski definition) is 1. The second kappa shape index (κ2) is 11.0. The molecule has 0 saturated carbocycles. The standard InChI is InChI=1S/C20H26ClNO3/c1-3-24-11-5-10-22-14-16-8-9-19(20(13-16)23-2)25-15-17-6-4-7-18(21)12-17/h4,6-9,12-13,22H,3,5,10-11,14-15H2,1-2H3. The lowest BCUT2D eigenvalue weighted by Crippen LogP contribution is -2.16. The van der Waals surface area contributed by atoms with Gasteiger partial charge in [-0.25, -0.2) is 0 Å². The molecule has 0 atom stereocenters. The zero-order valence-electron chi connectivity index (χ0n) is 14.9. The molecule has 4 nitrogen and oxygen atoms in total. The molecule has 2 aromatic carbocycles. The van der Waals surface area contributed by atoms with Crippen molar-refractivity contribution in [2.45, 2.75) is 26.5 Å². The summed E-state index contributed by atoms with van der Waals surface area (Å²) >= 11 is 6.00. The van der Waals surface area contributed by atoms with Crippen LogP contribution in [0.4, 0.5) is 0 Å². The van der Waals surface area contributed by atoms with E-state index in [-0.39, 0.29) is 0 Å². The molecule has 0 aromatic heterocycles. The Labute approximate surface area is 155 Å². The summed E-state index contributed by atoms with van der Waals surface area (Å²) < 4.78 is 16.7. The smallest absolute Gasteiger partial charge is 0.161 e. The van der Waals surface area contributed by atoms with Crippen molar-refractivity contribution in [3.8, 4) is 11.5 Å². The minimum atomic E-state index is 0.450. The molecule has 0 fully saturated rings. The van der Waals surface area contributed by atoms with Crippen LogP contribution in [0.15, 0.2) is 42.5 Å². The highest BCUT2D eigenvalue weighted by Crippen LogP contribution is 2.29. The maximum Gasteiger partial charge on any atom is 0.161 e. The number of benzene rings is 2. The van der Waals surface area contributed by atoms with E-state index in [1.165, 1.54) is 0 Å². The fourth-order valence-corrected chi connectivity index (χ4v) is 2.62. The van der Waals surface area contributed by atoms with Crippen molar-refractivity contribution in [3.05, 3.63) is 58.6 Å². The highest BCUT2D eigenvalue weighted by atomic mass is 35.5. The summed E-state index contributed by atoms with van der Waals surface area (Å²) in [5.74, 6) is 1.46. The van der Waals surface area contributed by atoms with Gasteiger partial charge in [-0.2, -0.15) is 0 Å². The molecule has 2 aromatic rings. The summed E-state index contributed by atoms with van der Waals surface area (Å²) in [6.45, 7) is 5.74. The van der Waals surface area contributed by atoms with Crippen molar-refractivity contribution in [2.75, 3.05) is 26.9 Å². The average molecular weight is 364 g/mol. The lowest BCUT2D eigenvalue weighted by molar-refractivity contribution is 0.144. The Kier molecular flexibility index (Phi) is 8.60. The Hall–Kier alpha value is -1.75. The summed E-state index contributed by atoms with van der Waals surface area (Å²) in [4.78, 5) is 0. The van der Waals surface area contributed by atoms with Crippen molar-refractivity contribution in [1.29, 1.82) is 0 Å². The van der Waals surface area contributed by atoms with Crippen molar-refractivity contribution >= 4 is 11.6 Å². The maximum atomic E-state index is 6.00. The summed E-state index contributed by atoms with van der Waals surface area (Å²) in [5, 5.41) is 4.11. The van der Waals surface area contributed by atoms with Crippen LogP contribution >= 0.6 is 11.6 Å². The summed E-state index contributed by atoms with van der Waals surface area (Å²) in [6, 6.07) is 13.6. The molecule has 0 unspecified atom stereocenters. The van der Waals surface area contributed by atoms with Crippen LogP contribution in [-0.2, 0) is 17.9 Å². The predicted octanol–water partition coefficient (Wildman–Crippen LogP) is 4.44. The lowest BCUT2D eigenvalue weighted by atomic mass is 10.2. The fraction of sp³-hybridized carbons (Fsp3) is 0.400. The zero-order valence-corrected chi connectivity index (χ0v) is 15.6. The van der Waals surface area contributed by atoms with E-state index >= 15 is 0 Å². The molecule has 5 heteroatoms. The van der Waals surface area contributed by atoms with Gasteiger partial charge in [0.25, 0.3) is 0 Å². The van der Waals surface area contributed by atoms with Gasteiger partial charge in [-0.05, 0) is 55.3 Å². The van der Waals surface area contributed by atoms with Gasteiger partial charge in [-0.1, -0.05) is 29.8 Å². The zero-order chi connectivity index (χ0) is 17.9. The SMILES string of the molecule is CCOCCCNCc1ccc(OCc2cccc(Cl)c2)c(OC)c1. The van der Waals surface area contributed by atoms with E-state index in [9.17, 15) is 0 Å². The quantitative estimate of drug-likeness (QED) is 0.599. The first-order valence-corrected chi connectivity index (χ1v) is 8.93. The Bertz CT molecular complexity index is 649. The van der Waals surface area contributed by atoms with Crippen LogP contribution in [0.1, 0.15) is 24.5 Å². The van der Waals surface area contributed by atoms with E-state index in [4.69, 9.17) is 25.8 Å². The van der Waals surface area contributed by atoms with Crippen molar-refractivity contribution in [1.82, 2.24) is 5.32 Å². The van der Waals surface area contributed by atoms with E-state index in [0.29, 0.717) is 11.6 Å². The topological polar surface area (TPSA) is 39.7 Å². The molecule has 1 N–H and O–H groups in total. The van der Waals surface area contributed by atoms with Crippen LogP contribution in [0.5, 0.6) is 11.5 Å². The van der Waals surface area contributed by atoms with Crippen molar-refractivity contribution in [3.63, 3.8) is 0 Å². The molecule has 0 aliphatic carbocycles. The first-order chi connectivity index (χ1) is 12.2. The number of methoxy groups -OCH3 is 1. The highest BCUT2D eigenvalue weighted by Gasteiger charge is 2.06. The lowest BCUT2D eigenvalue weighted by Gasteiger charge is -2.13. The predicted molar refractivity (Wildman–Crippen MR) is 102 cm³/mol. The molecule has 0 amide bonds. The number of hydrogen-bond acceptors (Lipinski definition) is 4. The molecular formula is C20H26ClNO3. The van der Waals surface area contributed by atoms with Crippen molar-refractivity contribution in [2.24, 2.45) is 0 Å². The molecule has 0 bridgehead atoms. The van der Waals surface area contributed by atoms with Gasteiger partial charge in [0.2, 0.25) is 0 Å². The summed E-state index contributed by atoms with van der Waals surface area (Å²) in [5.41, 5.74) is 2.18. The third-order valence-corrected chi connectivity index (χ3v) is 3.92. The average Bonchev–Trinajstić information content (AvgIpc) is 2.63. The molecule has 2 rings (SSSR count). The van der Waals surface area contributed by atoms with Gasteiger partial charge >= 0.3 is 0 Å². The summed E-state index contributed by atoms with van der Waals surface area (Å²) in [7, 11) is 1.65. The fourth-order valence-electron chi connectivity index (χ4n) is 2.41. The van der Waals surface area contributed by atoms with Gasteiger partial charge < -0.3 is 19.5 Å². The van der Waals surface area contributed by atoms with E-state index in [0.717, 1.165) is 55.4 Å². The molecule has 136 valence electrons. The van der Waals surface area contributed by atoms with Gasteiger partial charge in [-0.3, -0.25) is 0 Å². The van der Waals surface area contributed by atoms with E-state index in [1.54, 1.807) is 7.11 Å². The molecule has 0 heterocycles. The first-order valence-electron chi connectivity index (χ1n) is 8.55. The van der Waals surface area contributed by atoms with E-state index in [1.807, 2.05) is 49.4 Å². The van der Waals surface area contributed by atoms with Gasteiger partial charge in [0.05, 0.1) is 7.11 Å². The minimum absolute atomic E-state index is 0.450. The molecule has 0 aliphatic heterocycles. The second-order valence-electron chi connectivity index (χ2n) is 5.63. The van der Waals surface area contributed by atoms with Crippen LogP contribution in [0.25, 0.3) is 0 Å². The third kappa shape index (κ3) is 6.94. The van der Waals surface area contributed by atoms with Gasteiger partial charge in [0, 0.05) is 24.8 Å². The number of nitrogens with one attached hydrogen (secondary N) is 1. The highest BCUT2D eigenvalue weighted by molar-refractivity contribution is 6.30. The molecule has 0 radical (unpaired) electrons. The molecular weight excluding hydrogens is 338 g/mol. The Morgan fingerprint density at radius 1 is 1.04 bits per heavy atom. The van der Waals surface area contributed by atoms with E-state index in [2.05, 4.69) is 5.32 Å². The Morgan fingerprint density at radius 3 is 2.68 bits per heavy atom. The Balaban J connectivity index is 1.85. The number of halogens is 1. The maximum absolute atomic E-state index is 6.00. The van der Waals surface area contributed by atoms with Gasteiger partial charge in [0.1, 0.15) is 6.61 Å². The monoisotopic (exact) mass is 363 g/mol. The van der Waals surface area contributed by atoms with Crippen LogP contribution in [0.2, 0.25) is 5.02 Å². The number of ether oxygens (including phenoxy) is 3. The third-order valence-electron chi connectivity index (χ3n) is 3.69. The Morgan fingerprint density at radius 2 is 1.92 bits per heavy atom. The number of rotatable bonds is 11. The second-order valence-corrected chi connectivity index (χ2v) is 6.07. The molecule has 25 heavy (non-hydrogen) atoms. The molecule has 0 saturated heterocycles. The minimum Gasteiger partial charge on any atom is -0.493 e.